The van der Waals surface area contributed by atoms with E-state index < -0.39 is 0 Å². The van der Waals surface area contributed by atoms with Gasteiger partial charge in [-0.15, -0.1) is 0 Å². The van der Waals surface area contributed by atoms with Crippen LogP contribution in [0, 0.1) is 5.92 Å². The summed E-state index contributed by atoms with van der Waals surface area (Å²) in [6.45, 7) is 11.1. The summed E-state index contributed by atoms with van der Waals surface area (Å²) in [5.41, 5.74) is 0.114. The van der Waals surface area contributed by atoms with E-state index in [4.69, 9.17) is 0 Å². The number of aromatic nitrogens is 2. The van der Waals surface area contributed by atoms with Gasteiger partial charge in [0.15, 0.2) is 0 Å². The maximum atomic E-state index is 11.9. The zero-order valence-electron chi connectivity index (χ0n) is 11.4. The molecule has 17 heavy (non-hydrogen) atoms. The van der Waals surface area contributed by atoms with Gasteiger partial charge in [-0.2, -0.15) is 0 Å². The summed E-state index contributed by atoms with van der Waals surface area (Å²) in [5, 5.41) is 3.39. The first-order valence-electron chi connectivity index (χ1n) is 6.53. The van der Waals surface area contributed by atoms with Crippen LogP contribution in [-0.2, 0) is 13.1 Å². The highest BCUT2D eigenvalue weighted by Gasteiger charge is 2.07. The molecule has 0 amide bonds. The summed E-state index contributed by atoms with van der Waals surface area (Å²) in [4.78, 5) is 11.9. The second-order valence-corrected chi connectivity index (χ2v) is 5.09. The number of rotatable bonds is 7. The van der Waals surface area contributed by atoms with Crippen molar-refractivity contribution >= 4 is 0 Å². The highest BCUT2D eigenvalue weighted by molar-refractivity contribution is 4.82. The summed E-state index contributed by atoms with van der Waals surface area (Å²) in [5.74, 6) is 0.465. The zero-order valence-corrected chi connectivity index (χ0v) is 11.4. The lowest BCUT2D eigenvalue weighted by atomic mass is 10.1. The minimum Gasteiger partial charge on any atom is -0.314 e. The molecule has 4 heteroatoms. The van der Waals surface area contributed by atoms with Gasteiger partial charge in [-0.1, -0.05) is 27.7 Å². The molecular formula is C13H25N3O. The molecule has 1 aromatic heterocycles. The van der Waals surface area contributed by atoms with Gasteiger partial charge >= 0.3 is 5.69 Å². The highest BCUT2D eigenvalue weighted by Crippen LogP contribution is 1.98. The molecule has 0 aliphatic heterocycles. The van der Waals surface area contributed by atoms with Crippen LogP contribution in [-0.4, -0.2) is 21.7 Å². The third-order valence-corrected chi connectivity index (χ3v) is 2.77. The minimum atomic E-state index is 0.114. The van der Waals surface area contributed by atoms with E-state index in [1.54, 1.807) is 4.57 Å². The molecule has 1 aromatic rings. The van der Waals surface area contributed by atoms with Crippen molar-refractivity contribution in [2.75, 3.05) is 6.54 Å². The molecule has 0 bridgehead atoms. The van der Waals surface area contributed by atoms with Gasteiger partial charge in [-0.3, -0.25) is 9.13 Å². The van der Waals surface area contributed by atoms with Crippen LogP contribution in [0.1, 0.15) is 34.1 Å². The van der Waals surface area contributed by atoms with Gasteiger partial charge in [0, 0.05) is 31.5 Å². The average molecular weight is 239 g/mol. The summed E-state index contributed by atoms with van der Waals surface area (Å²) >= 11 is 0. The minimum absolute atomic E-state index is 0.114. The maximum absolute atomic E-state index is 11.9. The fraction of sp³-hybridized carbons (Fsp3) is 0.769. The smallest absolute Gasteiger partial charge is 0.314 e. The van der Waals surface area contributed by atoms with Gasteiger partial charge in [0.05, 0.1) is 0 Å². The largest absolute Gasteiger partial charge is 0.328 e. The van der Waals surface area contributed by atoms with Crippen LogP contribution >= 0.6 is 0 Å². The molecule has 1 rings (SSSR count). The highest BCUT2D eigenvalue weighted by atomic mass is 16.1. The van der Waals surface area contributed by atoms with Crippen molar-refractivity contribution in [1.29, 1.82) is 0 Å². The number of hydrogen-bond donors (Lipinski definition) is 1. The molecule has 1 heterocycles. The molecule has 4 nitrogen and oxygen atoms in total. The van der Waals surface area contributed by atoms with Crippen molar-refractivity contribution in [1.82, 2.24) is 14.5 Å². The van der Waals surface area contributed by atoms with E-state index in [0.29, 0.717) is 12.0 Å². The Labute approximate surface area is 104 Å². The molecular weight excluding hydrogens is 214 g/mol. The lowest BCUT2D eigenvalue weighted by molar-refractivity contribution is 0.417. The van der Waals surface area contributed by atoms with Gasteiger partial charge in [-0.25, -0.2) is 4.79 Å². The Kier molecular flexibility index (Phi) is 5.48. The first kappa shape index (κ1) is 14.0. The topological polar surface area (TPSA) is 39.0 Å². The number of hydrogen-bond acceptors (Lipinski definition) is 2. The number of aryl methyl sites for hydroxylation is 1. The number of nitrogens with zero attached hydrogens (tertiary/aromatic N) is 2. The average Bonchev–Trinajstić information content (AvgIpc) is 2.59. The van der Waals surface area contributed by atoms with Crippen molar-refractivity contribution in [3.63, 3.8) is 0 Å². The van der Waals surface area contributed by atoms with Gasteiger partial charge < -0.3 is 5.32 Å². The molecule has 0 fully saturated rings. The molecule has 0 aliphatic rings. The summed E-state index contributed by atoms with van der Waals surface area (Å²) in [6.07, 6.45) is 4.77. The fourth-order valence-electron chi connectivity index (χ4n) is 1.84. The second kappa shape index (κ2) is 6.64. The zero-order chi connectivity index (χ0) is 12.8. The van der Waals surface area contributed by atoms with Crippen molar-refractivity contribution in [2.24, 2.45) is 5.92 Å². The Morgan fingerprint density at radius 1 is 1.24 bits per heavy atom. The normalized spacial score (nSPS) is 13.2. The van der Waals surface area contributed by atoms with Gasteiger partial charge in [0.25, 0.3) is 0 Å². The first-order chi connectivity index (χ1) is 8.04. The predicted molar refractivity (Wildman–Crippen MR) is 71.3 cm³/mol. The Bertz CT molecular complexity index is 378. The van der Waals surface area contributed by atoms with Crippen LogP contribution in [0.3, 0.4) is 0 Å². The van der Waals surface area contributed by atoms with E-state index in [9.17, 15) is 4.79 Å². The first-order valence-corrected chi connectivity index (χ1v) is 6.53. The van der Waals surface area contributed by atoms with Crippen molar-refractivity contribution in [3.8, 4) is 0 Å². The number of nitrogens with one attached hydrogen (secondary N) is 1. The van der Waals surface area contributed by atoms with Crippen molar-refractivity contribution in [3.05, 3.63) is 22.9 Å². The van der Waals surface area contributed by atoms with Crippen LogP contribution in [0.5, 0.6) is 0 Å². The Morgan fingerprint density at radius 3 is 2.47 bits per heavy atom. The fourth-order valence-corrected chi connectivity index (χ4v) is 1.84. The molecule has 0 saturated heterocycles. The van der Waals surface area contributed by atoms with Crippen LogP contribution < -0.4 is 11.0 Å². The Hall–Kier alpha value is -1.03. The third-order valence-electron chi connectivity index (χ3n) is 2.77. The molecule has 1 unspecified atom stereocenters. The molecule has 0 aliphatic carbocycles. The summed E-state index contributed by atoms with van der Waals surface area (Å²) in [7, 11) is 0. The number of imidazole rings is 1. The van der Waals surface area contributed by atoms with Crippen molar-refractivity contribution < 1.29 is 0 Å². The second-order valence-electron chi connectivity index (χ2n) is 5.09. The predicted octanol–water partition coefficient (Wildman–Crippen LogP) is 1.69. The molecule has 1 atom stereocenters. The van der Waals surface area contributed by atoms with E-state index in [1.807, 2.05) is 17.0 Å². The van der Waals surface area contributed by atoms with Crippen LogP contribution in [0.2, 0.25) is 0 Å². The van der Waals surface area contributed by atoms with Gasteiger partial charge in [0.1, 0.15) is 0 Å². The molecule has 0 aromatic carbocycles. The molecule has 0 saturated carbocycles. The van der Waals surface area contributed by atoms with Crippen LogP contribution in [0.15, 0.2) is 17.2 Å². The van der Waals surface area contributed by atoms with E-state index in [1.165, 1.54) is 0 Å². The van der Waals surface area contributed by atoms with E-state index in [-0.39, 0.29) is 5.69 Å². The van der Waals surface area contributed by atoms with E-state index >= 15 is 0 Å². The lowest BCUT2D eigenvalue weighted by Crippen LogP contribution is -2.32. The standard InChI is InChI=1S/C13H25N3O/c1-5-6-15-7-8-16(13(15)17)10-12(4)9-14-11(2)3/h7-8,11-12,14H,5-6,9-10H2,1-4H3. The third kappa shape index (κ3) is 4.38. The lowest BCUT2D eigenvalue weighted by Gasteiger charge is -2.14. The van der Waals surface area contributed by atoms with Crippen molar-refractivity contribution in [2.45, 2.75) is 53.2 Å². The molecule has 98 valence electrons. The molecule has 1 N–H and O–H groups in total. The Balaban J connectivity index is 2.53. The Morgan fingerprint density at radius 2 is 1.88 bits per heavy atom. The van der Waals surface area contributed by atoms with E-state index in [2.05, 4.69) is 33.0 Å². The van der Waals surface area contributed by atoms with Crippen LogP contribution in [0.4, 0.5) is 0 Å². The van der Waals surface area contributed by atoms with Gasteiger partial charge in [-0.05, 0) is 18.9 Å². The molecule has 0 radical (unpaired) electrons. The SMILES string of the molecule is CCCn1ccn(CC(C)CNC(C)C)c1=O. The van der Waals surface area contributed by atoms with Gasteiger partial charge in [0.2, 0.25) is 0 Å². The molecule has 0 spiro atoms. The van der Waals surface area contributed by atoms with Crippen LogP contribution in [0.25, 0.3) is 0 Å². The monoisotopic (exact) mass is 239 g/mol. The van der Waals surface area contributed by atoms with E-state index in [0.717, 1.165) is 26.1 Å². The maximum Gasteiger partial charge on any atom is 0.328 e. The summed E-state index contributed by atoms with van der Waals surface area (Å²) < 4.78 is 3.59. The quantitative estimate of drug-likeness (QED) is 0.786. The summed E-state index contributed by atoms with van der Waals surface area (Å²) in [6, 6.07) is 0.499.